The Morgan fingerprint density at radius 3 is 2.09 bits per heavy atom. The van der Waals surface area contributed by atoms with Crippen LogP contribution in [0.4, 0.5) is 14.9 Å². The highest BCUT2D eigenvalue weighted by molar-refractivity contribution is 7.90. The Kier molecular flexibility index (Phi) is 7.70. The molecule has 2 heterocycles. The summed E-state index contributed by atoms with van der Waals surface area (Å²) in [4.78, 5) is 18.8. The molecule has 7 nitrogen and oxygen atoms in total. The van der Waals surface area contributed by atoms with Gasteiger partial charge in [-0.3, -0.25) is 4.90 Å². The zero-order valence-corrected chi connectivity index (χ0v) is 20.4. The van der Waals surface area contributed by atoms with Gasteiger partial charge in [0, 0.05) is 57.3 Å². The molecule has 1 aromatic carbocycles. The molecule has 180 valence electrons. The molecule has 0 saturated carbocycles. The Bertz CT molecular complexity index is 869. The van der Waals surface area contributed by atoms with Crippen LogP contribution in [-0.2, 0) is 14.6 Å². The molecule has 32 heavy (non-hydrogen) atoms. The van der Waals surface area contributed by atoms with Gasteiger partial charge in [-0.15, -0.1) is 0 Å². The molecular formula is C23H36FN3O4S. The lowest BCUT2D eigenvalue weighted by Crippen LogP contribution is -2.55. The number of carbonyl (C=O) groups excluding carboxylic acids is 1. The normalized spacial score (nSPS) is 20.3. The summed E-state index contributed by atoms with van der Waals surface area (Å²) in [6.07, 6.45) is 2.47. The van der Waals surface area contributed by atoms with Crippen LogP contribution in [0.5, 0.6) is 0 Å². The number of hydrogen-bond acceptors (Lipinski definition) is 6. The van der Waals surface area contributed by atoms with Crippen LogP contribution in [0.1, 0.15) is 33.6 Å². The van der Waals surface area contributed by atoms with Crippen LogP contribution in [0.3, 0.4) is 0 Å². The Balaban J connectivity index is 1.52. The van der Waals surface area contributed by atoms with E-state index in [1.54, 1.807) is 17.0 Å². The molecule has 0 N–H and O–H groups in total. The largest absolute Gasteiger partial charge is 0.444 e. The zero-order valence-electron chi connectivity index (χ0n) is 19.6. The average molecular weight is 470 g/mol. The van der Waals surface area contributed by atoms with Gasteiger partial charge in [0.15, 0.2) is 9.84 Å². The van der Waals surface area contributed by atoms with Crippen molar-refractivity contribution >= 4 is 21.6 Å². The Morgan fingerprint density at radius 1 is 1.06 bits per heavy atom. The predicted molar refractivity (Wildman–Crippen MR) is 124 cm³/mol. The quantitative estimate of drug-likeness (QED) is 0.660. The molecule has 0 bridgehead atoms. The van der Waals surface area contributed by atoms with Gasteiger partial charge in [-0.2, -0.15) is 0 Å². The monoisotopic (exact) mass is 469 g/mol. The van der Waals surface area contributed by atoms with Crippen LogP contribution in [0, 0.1) is 5.92 Å². The molecule has 1 aromatic rings. The summed E-state index contributed by atoms with van der Waals surface area (Å²) >= 11 is 0. The van der Waals surface area contributed by atoms with Crippen molar-refractivity contribution in [1.29, 1.82) is 0 Å². The highest BCUT2D eigenvalue weighted by Crippen LogP contribution is 2.28. The molecular weight excluding hydrogens is 433 g/mol. The van der Waals surface area contributed by atoms with Crippen LogP contribution in [0.25, 0.3) is 0 Å². The van der Waals surface area contributed by atoms with Gasteiger partial charge < -0.3 is 14.5 Å². The van der Waals surface area contributed by atoms with Crippen molar-refractivity contribution < 1.29 is 22.3 Å². The third kappa shape index (κ3) is 6.34. The van der Waals surface area contributed by atoms with Gasteiger partial charge in [-0.1, -0.05) is 0 Å². The van der Waals surface area contributed by atoms with E-state index in [2.05, 4.69) is 9.80 Å². The topological polar surface area (TPSA) is 70.2 Å². The third-order valence-electron chi connectivity index (χ3n) is 6.31. The molecule has 0 aromatic heterocycles. The smallest absolute Gasteiger partial charge is 0.410 e. The molecule has 2 fully saturated rings. The molecule has 9 heteroatoms. The molecule has 2 aliphatic rings. The van der Waals surface area contributed by atoms with Gasteiger partial charge in [0.1, 0.15) is 12.3 Å². The maximum atomic E-state index is 14.1. The van der Waals surface area contributed by atoms with E-state index < -0.39 is 15.4 Å². The number of carbonyl (C=O) groups is 1. The highest BCUT2D eigenvalue weighted by Gasteiger charge is 2.34. The summed E-state index contributed by atoms with van der Waals surface area (Å²) in [6.45, 7) is 9.44. The summed E-state index contributed by atoms with van der Waals surface area (Å²) < 4.78 is 42.8. The number of piperidine rings is 1. The van der Waals surface area contributed by atoms with Crippen LogP contribution in [0.2, 0.25) is 0 Å². The van der Waals surface area contributed by atoms with Crippen LogP contribution in [-0.4, -0.2) is 88.2 Å². The number of piperazine rings is 1. The second-order valence-electron chi connectivity index (χ2n) is 9.82. The second kappa shape index (κ2) is 9.95. The van der Waals surface area contributed by atoms with Crippen molar-refractivity contribution in [2.24, 2.45) is 5.92 Å². The molecule has 0 spiro atoms. The van der Waals surface area contributed by atoms with E-state index in [4.69, 9.17) is 4.74 Å². The molecule has 2 saturated heterocycles. The molecule has 1 atom stereocenters. The summed E-state index contributed by atoms with van der Waals surface area (Å²) in [6, 6.07) is 6.82. The first-order valence-electron chi connectivity index (χ1n) is 11.3. The standard InChI is InChI=1S/C23H36FN3O4S/c1-23(2,3)31-22(28)27-11-9-18(10-12-27)21(17-24)26-15-13-25(14-16-26)19-5-7-20(8-6-19)32(4,29)30/h5-8,18,21H,9-17H2,1-4H3. The fraction of sp³-hybridized carbons (Fsp3) is 0.696. The number of sulfone groups is 1. The predicted octanol–water partition coefficient (Wildman–Crippen LogP) is 3.20. The molecule has 2 aliphatic heterocycles. The third-order valence-corrected chi connectivity index (χ3v) is 7.44. The molecule has 0 radical (unpaired) electrons. The van der Waals surface area contributed by atoms with E-state index in [0.717, 1.165) is 44.7 Å². The molecule has 3 rings (SSSR count). The van der Waals surface area contributed by atoms with Crippen LogP contribution >= 0.6 is 0 Å². The minimum Gasteiger partial charge on any atom is -0.444 e. The van der Waals surface area contributed by atoms with Crippen molar-refractivity contribution in [3.05, 3.63) is 24.3 Å². The van der Waals surface area contributed by atoms with Gasteiger partial charge in [0.25, 0.3) is 0 Å². The number of anilines is 1. The zero-order chi connectivity index (χ0) is 23.5. The molecule has 1 amide bonds. The van der Waals surface area contributed by atoms with Crippen molar-refractivity contribution in [3.8, 4) is 0 Å². The number of rotatable bonds is 5. The van der Waals surface area contributed by atoms with E-state index in [-0.39, 0.29) is 24.7 Å². The Morgan fingerprint density at radius 2 is 1.62 bits per heavy atom. The van der Waals surface area contributed by atoms with E-state index in [1.807, 2.05) is 32.9 Å². The first kappa shape index (κ1) is 24.8. The number of likely N-dealkylation sites (tertiary alicyclic amines) is 1. The SMILES string of the molecule is CC(C)(C)OC(=O)N1CCC(C(CF)N2CCN(c3ccc(S(C)(=O)=O)cc3)CC2)CC1. The van der Waals surface area contributed by atoms with Gasteiger partial charge in [0.2, 0.25) is 0 Å². The number of nitrogens with zero attached hydrogens (tertiary/aromatic N) is 3. The summed E-state index contributed by atoms with van der Waals surface area (Å²) in [5, 5.41) is 0. The first-order valence-corrected chi connectivity index (χ1v) is 13.2. The lowest BCUT2D eigenvalue weighted by Gasteiger charge is -2.44. The Hall–Kier alpha value is -1.87. The molecule has 0 aliphatic carbocycles. The highest BCUT2D eigenvalue weighted by atomic mass is 32.2. The minimum absolute atomic E-state index is 0.134. The number of benzene rings is 1. The number of alkyl halides is 1. The van der Waals surface area contributed by atoms with Gasteiger partial charge in [-0.05, 0) is 63.8 Å². The fourth-order valence-corrected chi connectivity index (χ4v) is 5.16. The van der Waals surface area contributed by atoms with Crippen molar-refractivity contribution in [2.45, 2.75) is 50.2 Å². The maximum absolute atomic E-state index is 14.1. The average Bonchev–Trinajstić information content (AvgIpc) is 2.73. The van der Waals surface area contributed by atoms with E-state index in [1.165, 1.54) is 6.26 Å². The number of halogens is 1. The van der Waals surface area contributed by atoms with Crippen molar-refractivity contribution in [3.63, 3.8) is 0 Å². The van der Waals surface area contributed by atoms with E-state index in [0.29, 0.717) is 18.0 Å². The lowest BCUT2D eigenvalue weighted by atomic mass is 9.88. The maximum Gasteiger partial charge on any atom is 0.410 e. The lowest BCUT2D eigenvalue weighted by molar-refractivity contribution is 0.0106. The summed E-state index contributed by atoms with van der Waals surface area (Å²) in [7, 11) is -3.21. The van der Waals surface area contributed by atoms with E-state index in [9.17, 15) is 17.6 Å². The van der Waals surface area contributed by atoms with Gasteiger partial charge >= 0.3 is 6.09 Å². The van der Waals surface area contributed by atoms with Gasteiger partial charge in [-0.25, -0.2) is 17.6 Å². The number of ether oxygens (including phenoxy) is 1. The minimum atomic E-state index is -3.21. The van der Waals surface area contributed by atoms with Crippen LogP contribution in [0.15, 0.2) is 29.2 Å². The van der Waals surface area contributed by atoms with Crippen LogP contribution < -0.4 is 4.90 Å². The second-order valence-corrected chi connectivity index (χ2v) is 11.8. The van der Waals surface area contributed by atoms with Gasteiger partial charge in [0.05, 0.1) is 4.90 Å². The summed E-state index contributed by atoms with van der Waals surface area (Å²) in [5.74, 6) is 0.222. The fourth-order valence-electron chi connectivity index (χ4n) is 4.53. The first-order chi connectivity index (χ1) is 15.0. The van der Waals surface area contributed by atoms with E-state index >= 15 is 0 Å². The molecule has 1 unspecified atom stereocenters. The number of hydrogen-bond donors (Lipinski definition) is 0. The number of amides is 1. The van der Waals surface area contributed by atoms with Crippen molar-refractivity contribution in [1.82, 2.24) is 9.80 Å². The summed E-state index contributed by atoms with van der Waals surface area (Å²) in [5.41, 5.74) is 0.472. The van der Waals surface area contributed by atoms with Crippen molar-refractivity contribution in [2.75, 3.05) is 57.1 Å². The Labute approximate surface area is 191 Å².